The molecule has 1 saturated heterocycles. The van der Waals surface area contributed by atoms with Crippen molar-refractivity contribution in [1.29, 1.82) is 0 Å². The maximum atomic E-state index is 5.26. The highest BCUT2D eigenvalue weighted by molar-refractivity contribution is 5.09. The second-order valence-corrected chi connectivity index (χ2v) is 6.19. The number of terminal acetylenes is 1. The van der Waals surface area contributed by atoms with E-state index >= 15 is 0 Å². The van der Waals surface area contributed by atoms with Gasteiger partial charge in [-0.25, -0.2) is 0 Å². The van der Waals surface area contributed by atoms with Crippen LogP contribution in [0.15, 0.2) is 30.5 Å². The van der Waals surface area contributed by atoms with Gasteiger partial charge in [0.2, 0.25) is 0 Å². The molecular weight excluding hydrogens is 242 g/mol. The summed E-state index contributed by atoms with van der Waals surface area (Å²) in [6.45, 7) is 3.66. The Morgan fingerprint density at radius 3 is 2.95 bits per heavy atom. The molecule has 2 fully saturated rings. The lowest BCUT2D eigenvalue weighted by atomic mass is 9.69. The van der Waals surface area contributed by atoms with Gasteiger partial charge in [0.05, 0.1) is 0 Å². The molecule has 1 heterocycles. The van der Waals surface area contributed by atoms with Gasteiger partial charge < -0.3 is 5.32 Å². The number of piperidine rings is 1. The van der Waals surface area contributed by atoms with E-state index in [0.29, 0.717) is 6.04 Å². The third kappa shape index (κ3) is 4.14. The highest BCUT2D eigenvalue weighted by Gasteiger charge is 2.36. The molecule has 1 aliphatic carbocycles. The first kappa shape index (κ1) is 15.2. The summed E-state index contributed by atoms with van der Waals surface area (Å²) >= 11 is 0. The van der Waals surface area contributed by atoms with Gasteiger partial charge in [-0.05, 0) is 62.5 Å². The Hall–Kier alpha value is -1.22. The van der Waals surface area contributed by atoms with Crippen molar-refractivity contribution in [3.8, 4) is 12.3 Å². The Bertz CT molecular complexity index is 408. The van der Waals surface area contributed by atoms with Crippen molar-refractivity contribution in [2.24, 2.45) is 11.8 Å². The van der Waals surface area contributed by atoms with Crippen LogP contribution in [0.2, 0.25) is 0 Å². The second-order valence-electron chi connectivity index (χ2n) is 6.19. The molecule has 20 heavy (non-hydrogen) atoms. The Balaban J connectivity index is 1.85. The molecule has 1 nitrogen and oxygen atoms in total. The third-order valence-electron chi connectivity index (χ3n) is 4.97. The van der Waals surface area contributed by atoms with E-state index in [-0.39, 0.29) is 0 Å². The lowest BCUT2D eigenvalue weighted by molar-refractivity contribution is 0.110. The van der Waals surface area contributed by atoms with Crippen LogP contribution in [0.5, 0.6) is 0 Å². The van der Waals surface area contributed by atoms with Crippen LogP contribution in [0.1, 0.15) is 51.4 Å². The number of fused-ring (bicyclic) bond motifs is 1. The molecule has 1 unspecified atom stereocenters. The van der Waals surface area contributed by atoms with Gasteiger partial charge in [-0.3, -0.25) is 0 Å². The van der Waals surface area contributed by atoms with E-state index in [1.54, 1.807) is 0 Å². The summed E-state index contributed by atoms with van der Waals surface area (Å²) in [6, 6.07) is 1.37. The molecule has 2 aliphatic rings. The van der Waals surface area contributed by atoms with Crippen LogP contribution in [-0.2, 0) is 0 Å². The molecule has 0 aromatic carbocycles. The topological polar surface area (TPSA) is 12.0 Å². The minimum Gasteiger partial charge on any atom is -0.311 e. The van der Waals surface area contributed by atoms with Gasteiger partial charge in [-0.1, -0.05) is 31.4 Å². The van der Waals surface area contributed by atoms with Crippen LogP contribution in [0, 0.1) is 24.2 Å². The van der Waals surface area contributed by atoms with E-state index < -0.39 is 0 Å². The van der Waals surface area contributed by atoms with Gasteiger partial charge in [-0.15, -0.1) is 12.2 Å². The van der Waals surface area contributed by atoms with Crippen LogP contribution < -0.4 is 5.32 Å². The average molecular weight is 269 g/mol. The Morgan fingerprint density at radius 1 is 1.25 bits per heavy atom. The zero-order valence-electron chi connectivity index (χ0n) is 12.5. The predicted molar refractivity (Wildman–Crippen MR) is 86.3 cm³/mol. The number of nitrogens with one attached hydrogen (secondary N) is 1. The zero-order chi connectivity index (χ0) is 14.2. The monoisotopic (exact) mass is 269 g/mol. The predicted octanol–water partition coefficient (Wildman–Crippen LogP) is 4.22. The summed E-state index contributed by atoms with van der Waals surface area (Å²) < 4.78 is 0. The van der Waals surface area contributed by atoms with Crippen LogP contribution >= 0.6 is 0 Å². The van der Waals surface area contributed by atoms with Crippen molar-refractivity contribution in [2.45, 2.75) is 63.5 Å². The quantitative estimate of drug-likeness (QED) is 0.582. The molecule has 0 amide bonds. The van der Waals surface area contributed by atoms with Crippen LogP contribution in [-0.4, -0.2) is 12.1 Å². The van der Waals surface area contributed by atoms with Crippen molar-refractivity contribution in [1.82, 2.24) is 5.32 Å². The van der Waals surface area contributed by atoms with E-state index in [9.17, 15) is 0 Å². The molecule has 4 atom stereocenters. The van der Waals surface area contributed by atoms with Crippen LogP contribution in [0.3, 0.4) is 0 Å². The maximum Gasteiger partial charge on any atom is 0.0105 e. The zero-order valence-corrected chi connectivity index (χ0v) is 12.5. The molecule has 1 aliphatic heterocycles. The second kappa shape index (κ2) is 8.15. The summed E-state index contributed by atoms with van der Waals surface area (Å²) in [7, 11) is 0. The van der Waals surface area contributed by atoms with E-state index in [4.69, 9.17) is 6.42 Å². The molecular formula is C19H27N. The maximum absolute atomic E-state index is 5.26. The summed E-state index contributed by atoms with van der Waals surface area (Å²) in [5.74, 6) is 4.36. The minimum atomic E-state index is 0.632. The summed E-state index contributed by atoms with van der Waals surface area (Å²) in [4.78, 5) is 0. The third-order valence-corrected chi connectivity index (χ3v) is 4.97. The smallest absolute Gasteiger partial charge is 0.0105 e. The fourth-order valence-corrected chi connectivity index (χ4v) is 4.02. The van der Waals surface area contributed by atoms with Gasteiger partial charge in [0, 0.05) is 12.1 Å². The molecule has 108 valence electrons. The SMILES string of the molecule is C#C/C=C\C[C@@H]1CC[C@H]2C(CCC=C=C)CCC[C@@H]2N1. The molecule has 1 N–H and O–H groups in total. The van der Waals surface area contributed by atoms with E-state index in [1.165, 1.54) is 38.5 Å². The fourth-order valence-electron chi connectivity index (χ4n) is 4.02. The van der Waals surface area contributed by atoms with Crippen LogP contribution in [0.4, 0.5) is 0 Å². The lowest BCUT2D eigenvalue weighted by Crippen LogP contribution is -2.51. The molecule has 0 radical (unpaired) electrons. The highest BCUT2D eigenvalue weighted by atomic mass is 15.0. The number of hydrogen-bond donors (Lipinski definition) is 1. The average Bonchev–Trinajstić information content (AvgIpc) is 2.48. The minimum absolute atomic E-state index is 0.632. The van der Waals surface area contributed by atoms with Crippen LogP contribution in [0.25, 0.3) is 0 Å². The molecule has 2 rings (SSSR count). The molecule has 1 heteroatoms. The van der Waals surface area contributed by atoms with E-state index in [2.05, 4.69) is 35.7 Å². The Morgan fingerprint density at radius 2 is 2.15 bits per heavy atom. The molecule has 0 bridgehead atoms. The first-order valence-corrected chi connectivity index (χ1v) is 8.06. The van der Waals surface area contributed by atoms with E-state index in [1.807, 2.05) is 6.08 Å². The first-order valence-electron chi connectivity index (χ1n) is 8.06. The number of rotatable bonds is 5. The van der Waals surface area contributed by atoms with Crippen molar-refractivity contribution in [3.05, 3.63) is 30.5 Å². The van der Waals surface area contributed by atoms with Gasteiger partial charge in [0.15, 0.2) is 0 Å². The largest absolute Gasteiger partial charge is 0.311 e. The molecule has 1 saturated carbocycles. The van der Waals surface area contributed by atoms with Crippen molar-refractivity contribution in [2.75, 3.05) is 0 Å². The number of allylic oxidation sites excluding steroid dienone is 2. The van der Waals surface area contributed by atoms with Crippen molar-refractivity contribution >= 4 is 0 Å². The summed E-state index contributed by atoms with van der Waals surface area (Å²) in [6.07, 6.45) is 21.7. The van der Waals surface area contributed by atoms with Gasteiger partial charge >= 0.3 is 0 Å². The standard InChI is InChI=1S/C19H27N/c1-3-5-7-10-16-11-9-13-19-18(16)15-14-17(20-19)12-8-6-4-2/h2,5-6,8,16-20H,1,7,9-15H2/b8-6-/t16?,17-,18+,19+/m1/s1. The van der Waals surface area contributed by atoms with Gasteiger partial charge in [-0.2, -0.15) is 0 Å². The van der Waals surface area contributed by atoms with Crippen molar-refractivity contribution < 1.29 is 0 Å². The number of hydrogen-bond acceptors (Lipinski definition) is 1. The fraction of sp³-hybridized carbons (Fsp3) is 0.632. The lowest BCUT2D eigenvalue weighted by Gasteiger charge is -2.45. The summed E-state index contributed by atoms with van der Waals surface area (Å²) in [5.41, 5.74) is 2.90. The first-order chi connectivity index (χ1) is 9.85. The summed E-state index contributed by atoms with van der Waals surface area (Å²) in [5, 5.41) is 3.88. The Kier molecular flexibility index (Phi) is 6.19. The molecule has 0 aromatic heterocycles. The molecule has 0 spiro atoms. The Labute approximate surface area is 124 Å². The molecule has 0 aromatic rings. The van der Waals surface area contributed by atoms with Gasteiger partial charge in [0.1, 0.15) is 0 Å². The highest BCUT2D eigenvalue weighted by Crippen LogP contribution is 2.39. The van der Waals surface area contributed by atoms with Crippen molar-refractivity contribution in [3.63, 3.8) is 0 Å². The van der Waals surface area contributed by atoms with E-state index in [0.717, 1.165) is 30.7 Å². The van der Waals surface area contributed by atoms with Gasteiger partial charge in [0.25, 0.3) is 0 Å². The normalized spacial score (nSPS) is 33.1.